The average molecular weight is 746 g/mol. The summed E-state index contributed by atoms with van der Waals surface area (Å²) in [5.41, 5.74) is -2.14. The van der Waals surface area contributed by atoms with Gasteiger partial charge in [0.15, 0.2) is 17.6 Å². The summed E-state index contributed by atoms with van der Waals surface area (Å²) in [6, 6.07) is 8.07. The van der Waals surface area contributed by atoms with Crippen LogP contribution in [0.15, 0.2) is 35.5 Å². The number of ether oxygens (including phenoxy) is 6. The van der Waals surface area contributed by atoms with Gasteiger partial charge in [0.05, 0.1) is 49.1 Å². The number of alkyl carbamates (subject to hydrolysis) is 1. The number of nitrogens with zero attached hydrogens (tertiary/aromatic N) is 2. The van der Waals surface area contributed by atoms with Crippen LogP contribution in [0.4, 0.5) is 4.79 Å². The maximum atomic E-state index is 14.4. The maximum Gasteiger partial charge on any atom is 0.408 e. The van der Waals surface area contributed by atoms with Crippen LogP contribution >= 0.6 is 0 Å². The Kier molecular flexibility index (Phi) is 12.9. The first kappa shape index (κ1) is 41.0. The fourth-order valence-corrected chi connectivity index (χ4v) is 8.70. The van der Waals surface area contributed by atoms with Gasteiger partial charge in [0.2, 0.25) is 0 Å². The number of ketones is 1. The van der Waals surface area contributed by atoms with Crippen molar-refractivity contribution < 1.29 is 52.7 Å². The second kappa shape index (κ2) is 16.7. The number of rotatable bonds is 6. The Hall–Kier alpha value is -3.14. The summed E-state index contributed by atoms with van der Waals surface area (Å²) in [5.74, 6) is -2.96. The third-order valence-corrected chi connectivity index (χ3v) is 11.7. The first-order valence-electron chi connectivity index (χ1n) is 18.9. The molecule has 14 heteroatoms. The van der Waals surface area contributed by atoms with E-state index in [4.69, 9.17) is 33.3 Å². The van der Waals surface area contributed by atoms with Gasteiger partial charge in [-0.1, -0.05) is 51.0 Å². The lowest BCUT2D eigenvalue weighted by molar-refractivity contribution is -0.302. The van der Waals surface area contributed by atoms with E-state index < -0.39 is 83.7 Å². The summed E-state index contributed by atoms with van der Waals surface area (Å²) < 4.78 is 38.6. The monoisotopic (exact) mass is 745 g/mol. The number of amides is 1. The third kappa shape index (κ3) is 8.73. The van der Waals surface area contributed by atoms with Gasteiger partial charge in [-0.2, -0.15) is 0 Å². The molecule has 2 bridgehead atoms. The fraction of sp³-hybridized carbons (Fsp3) is 0.744. The minimum Gasteiger partial charge on any atom is -0.458 e. The van der Waals surface area contributed by atoms with Crippen LogP contribution in [0, 0.1) is 23.7 Å². The molecule has 14 nitrogen and oxygen atoms in total. The van der Waals surface area contributed by atoms with Gasteiger partial charge in [-0.15, -0.1) is 0 Å². The molecule has 296 valence electrons. The molecule has 4 saturated heterocycles. The van der Waals surface area contributed by atoms with Crippen LogP contribution in [-0.4, -0.2) is 121 Å². The molecule has 2 N–H and O–H groups in total. The Morgan fingerprint density at radius 2 is 1.72 bits per heavy atom. The van der Waals surface area contributed by atoms with E-state index >= 15 is 0 Å². The number of oxime groups is 1. The first-order chi connectivity index (χ1) is 25.0. The number of para-hydroxylation sites is 1. The van der Waals surface area contributed by atoms with Crippen molar-refractivity contribution in [3.05, 3.63) is 30.3 Å². The molecule has 5 rings (SSSR count). The number of hydrogen-bond acceptors (Lipinski definition) is 13. The first-order valence-corrected chi connectivity index (χ1v) is 18.9. The number of carbonyl (C=O) groups excluding carboxylic acids is 3. The smallest absolute Gasteiger partial charge is 0.408 e. The molecule has 0 saturated carbocycles. The number of Topliss-reactive ketones (excluding diaryl/α,β-unsaturated/α-hetero) is 1. The van der Waals surface area contributed by atoms with Crippen molar-refractivity contribution >= 4 is 23.6 Å². The highest BCUT2D eigenvalue weighted by Gasteiger charge is 2.57. The SMILES string of the molecule is CC[C@H]1OC(=O)[C@H](C)[C@H]2OC/C(=N/Oc3ccccc3)CO[C@](C)(C[C@@H](C)C(=O)[C@H](C)[C@H]3NC(=O)O[C@@]31C)[C@H](O[C@@H]1O[C@H](C)C[C@H](N(C)C)[C@H]1O)[C@H]2C. The largest absolute Gasteiger partial charge is 0.458 e. The van der Waals surface area contributed by atoms with E-state index in [0.29, 0.717) is 24.3 Å². The van der Waals surface area contributed by atoms with Crippen molar-refractivity contribution in [3.63, 3.8) is 0 Å². The van der Waals surface area contributed by atoms with Gasteiger partial charge in [-0.25, -0.2) is 4.79 Å². The Morgan fingerprint density at radius 3 is 2.38 bits per heavy atom. The van der Waals surface area contributed by atoms with E-state index in [1.54, 1.807) is 32.9 Å². The van der Waals surface area contributed by atoms with Crippen LogP contribution in [0.2, 0.25) is 0 Å². The minimum atomic E-state index is -1.32. The molecule has 1 amide bonds. The van der Waals surface area contributed by atoms with Crippen molar-refractivity contribution in [2.24, 2.45) is 28.8 Å². The summed E-state index contributed by atoms with van der Waals surface area (Å²) in [7, 11) is 3.80. The number of hydrogen-bond donors (Lipinski definition) is 2. The number of esters is 1. The minimum absolute atomic E-state index is 0.0470. The molecule has 0 radical (unpaired) electrons. The number of aliphatic hydroxyl groups excluding tert-OH is 1. The maximum absolute atomic E-state index is 14.4. The van der Waals surface area contributed by atoms with Crippen molar-refractivity contribution in [1.29, 1.82) is 0 Å². The summed E-state index contributed by atoms with van der Waals surface area (Å²) >= 11 is 0. The Bertz CT molecular complexity index is 1480. The number of benzene rings is 1. The molecular weight excluding hydrogens is 686 g/mol. The highest BCUT2D eigenvalue weighted by atomic mass is 16.7. The van der Waals surface area contributed by atoms with Crippen LogP contribution in [0.5, 0.6) is 5.75 Å². The molecular formula is C39H59N3O11. The molecule has 0 spiro atoms. The van der Waals surface area contributed by atoms with Gasteiger partial charge in [-0.05, 0) is 73.2 Å². The van der Waals surface area contributed by atoms with Gasteiger partial charge >= 0.3 is 12.1 Å². The molecule has 0 unspecified atom stereocenters. The molecule has 4 aliphatic rings. The molecule has 4 fully saturated rings. The standard InChI is InChI=1S/C39H59N3O11/c1-11-29-39(8)33(40-37(46)52-39)23(4)30(43)21(2)18-38(7)34(51-36-31(44)28(42(9)10)17-22(3)49-36)24(5)32(25(6)35(45)50-29)47-19-26(20-48-38)41-53-27-15-13-12-14-16-27/h12-16,21-25,28-29,31-34,36,44H,11,17-20H2,1-10H3,(H,40,46)/b41-26-/t21-,22-,23+,24+,25-,28+,29-,31-,32+,33-,34-,36+,38-,39-/m1/s1. The predicted molar refractivity (Wildman–Crippen MR) is 194 cm³/mol. The van der Waals surface area contributed by atoms with E-state index in [1.165, 1.54) is 0 Å². The summed E-state index contributed by atoms with van der Waals surface area (Å²) in [5, 5.41) is 18.8. The van der Waals surface area contributed by atoms with E-state index in [0.717, 1.165) is 0 Å². The van der Waals surface area contributed by atoms with Gasteiger partial charge in [0.25, 0.3) is 0 Å². The zero-order chi connectivity index (χ0) is 38.8. The van der Waals surface area contributed by atoms with Crippen molar-refractivity contribution in [1.82, 2.24) is 10.2 Å². The summed E-state index contributed by atoms with van der Waals surface area (Å²) in [6.45, 7) is 14.5. The number of cyclic esters (lactones) is 1. The average Bonchev–Trinajstić information content (AvgIpc) is 3.45. The quantitative estimate of drug-likeness (QED) is 0.317. The zero-order valence-corrected chi connectivity index (χ0v) is 32.8. The van der Waals surface area contributed by atoms with E-state index in [9.17, 15) is 19.5 Å². The Labute approximate surface area is 313 Å². The van der Waals surface area contributed by atoms with Gasteiger partial charge in [-0.3, -0.25) is 9.59 Å². The lowest BCUT2D eigenvalue weighted by Gasteiger charge is -2.48. The highest BCUT2D eigenvalue weighted by Crippen LogP contribution is 2.42. The van der Waals surface area contributed by atoms with Crippen LogP contribution in [0.1, 0.15) is 74.7 Å². The van der Waals surface area contributed by atoms with Crippen molar-refractivity contribution in [3.8, 4) is 5.75 Å². The second-order valence-electron chi connectivity index (χ2n) is 16.0. The van der Waals surface area contributed by atoms with Crippen LogP contribution in [0.25, 0.3) is 0 Å². The predicted octanol–water partition coefficient (Wildman–Crippen LogP) is 4.11. The van der Waals surface area contributed by atoms with Gasteiger partial charge in [0, 0.05) is 23.8 Å². The topological polar surface area (TPSA) is 164 Å². The molecule has 0 aliphatic carbocycles. The number of nitrogens with one attached hydrogen (secondary N) is 1. The van der Waals surface area contributed by atoms with Gasteiger partial charge < -0.3 is 48.6 Å². The van der Waals surface area contributed by atoms with Crippen molar-refractivity contribution in [2.45, 2.75) is 135 Å². The number of likely N-dealkylation sites (N-methyl/N-ethyl adjacent to an activating group) is 1. The molecule has 4 aliphatic heterocycles. The molecule has 4 heterocycles. The van der Waals surface area contributed by atoms with E-state index in [-0.39, 0.29) is 37.6 Å². The molecule has 53 heavy (non-hydrogen) atoms. The molecule has 0 aromatic heterocycles. The molecule has 1 aromatic carbocycles. The summed E-state index contributed by atoms with van der Waals surface area (Å²) in [6.07, 6.45) is -4.46. The van der Waals surface area contributed by atoms with Gasteiger partial charge in [0.1, 0.15) is 23.7 Å². The van der Waals surface area contributed by atoms with E-state index in [1.807, 2.05) is 71.8 Å². The lowest BCUT2D eigenvalue weighted by Crippen LogP contribution is -2.60. The van der Waals surface area contributed by atoms with Crippen LogP contribution in [0.3, 0.4) is 0 Å². The van der Waals surface area contributed by atoms with Crippen LogP contribution in [-0.2, 0) is 38.0 Å². The summed E-state index contributed by atoms with van der Waals surface area (Å²) in [4.78, 5) is 49.1. The lowest BCUT2D eigenvalue weighted by atomic mass is 9.73. The molecule has 14 atom stereocenters. The fourth-order valence-electron chi connectivity index (χ4n) is 8.70. The Morgan fingerprint density at radius 1 is 1.02 bits per heavy atom. The third-order valence-electron chi connectivity index (χ3n) is 11.7. The molecule has 1 aromatic rings. The highest BCUT2D eigenvalue weighted by molar-refractivity contribution is 5.87. The number of fused-ring (bicyclic) bond motifs is 4. The van der Waals surface area contributed by atoms with E-state index in [2.05, 4.69) is 10.5 Å². The van der Waals surface area contributed by atoms with Crippen LogP contribution < -0.4 is 10.2 Å². The van der Waals surface area contributed by atoms with Crippen molar-refractivity contribution in [2.75, 3.05) is 27.3 Å². The number of carbonyl (C=O) groups is 3. The number of aliphatic hydroxyl groups is 1. The normalized spacial score (nSPS) is 42.4. The Balaban J connectivity index is 1.62. The zero-order valence-electron chi connectivity index (χ0n) is 32.8. The second-order valence-corrected chi connectivity index (χ2v) is 16.0.